The maximum atomic E-state index is 12.9. The lowest BCUT2D eigenvalue weighted by molar-refractivity contribution is -0.137. The van der Waals surface area contributed by atoms with Gasteiger partial charge in [0.1, 0.15) is 17.4 Å². The lowest BCUT2D eigenvalue weighted by Crippen LogP contribution is -2.17. The molecule has 0 radical (unpaired) electrons. The number of benzene rings is 1. The van der Waals surface area contributed by atoms with Crippen LogP contribution in [-0.4, -0.2) is 44.9 Å². The van der Waals surface area contributed by atoms with Crippen LogP contribution in [0.4, 0.5) is 18.2 Å². The van der Waals surface area contributed by atoms with Crippen molar-refractivity contribution >= 4 is 45.9 Å². The Labute approximate surface area is 217 Å². The van der Waals surface area contributed by atoms with Crippen LogP contribution in [-0.2, 0) is 29.4 Å². The highest BCUT2D eigenvalue weighted by Gasteiger charge is 2.30. The number of amides is 2. The summed E-state index contributed by atoms with van der Waals surface area (Å²) in [7, 11) is 1.62. The monoisotopic (exact) mass is 557 g/mol. The predicted octanol–water partition coefficient (Wildman–Crippen LogP) is 3.79. The van der Waals surface area contributed by atoms with Crippen LogP contribution in [0.2, 0.25) is 0 Å². The van der Waals surface area contributed by atoms with Gasteiger partial charge in [-0.05, 0) is 37.6 Å². The van der Waals surface area contributed by atoms with Crippen LogP contribution < -0.4 is 15.8 Å². The first-order chi connectivity index (χ1) is 17.4. The lowest BCUT2D eigenvalue weighted by atomic mass is 10.1. The summed E-state index contributed by atoms with van der Waals surface area (Å²) >= 11 is 1.91. The van der Waals surface area contributed by atoms with E-state index in [2.05, 4.69) is 15.5 Å². The molecule has 3 N–H and O–H groups in total. The maximum absolute atomic E-state index is 12.9. The Kier molecular flexibility index (Phi) is 8.81. The molecule has 15 heteroatoms. The van der Waals surface area contributed by atoms with Crippen molar-refractivity contribution in [3.8, 4) is 5.75 Å². The number of alkyl halides is 3. The summed E-state index contributed by atoms with van der Waals surface area (Å²) in [6.45, 7) is 3.12. The van der Waals surface area contributed by atoms with Gasteiger partial charge in [-0.2, -0.15) is 13.2 Å². The van der Waals surface area contributed by atoms with E-state index in [1.54, 1.807) is 14.0 Å². The van der Waals surface area contributed by atoms with Gasteiger partial charge >= 0.3 is 12.1 Å². The Balaban J connectivity index is 1.64. The second-order valence-corrected chi connectivity index (χ2v) is 9.42. The highest BCUT2D eigenvalue weighted by Crippen LogP contribution is 2.34. The van der Waals surface area contributed by atoms with Crippen molar-refractivity contribution in [1.29, 1.82) is 0 Å². The van der Waals surface area contributed by atoms with Crippen LogP contribution in [0.3, 0.4) is 0 Å². The zero-order valence-corrected chi connectivity index (χ0v) is 21.5. The van der Waals surface area contributed by atoms with Gasteiger partial charge in [0.2, 0.25) is 5.91 Å². The van der Waals surface area contributed by atoms with Gasteiger partial charge in [0.15, 0.2) is 11.0 Å². The molecule has 0 saturated carbocycles. The average Bonchev–Trinajstić information content (AvgIpc) is 3.35. The number of nitrogens with one attached hydrogen (secondary N) is 1. The quantitative estimate of drug-likeness (QED) is 0.284. The highest BCUT2D eigenvalue weighted by atomic mass is 32.2. The molecule has 2 aromatic heterocycles. The van der Waals surface area contributed by atoms with Crippen molar-refractivity contribution in [2.24, 2.45) is 12.8 Å². The van der Waals surface area contributed by atoms with E-state index >= 15 is 0 Å². The fourth-order valence-electron chi connectivity index (χ4n) is 3.08. The van der Waals surface area contributed by atoms with Crippen molar-refractivity contribution in [3.63, 3.8) is 0 Å². The van der Waals surface area contributed by atoms with Crippen molar-refractivity contribution < 1.29 is 37.0 Å². The summed E-state index contributed by atoms with van der Waals surface area (Å²) in [5, 5.41) is 11.0. The third kappa shape index (κ3) is 6.80. The molecule has 2 amide bonds. The number of aromatic nitrogens is 3. The van der Waals surface area contributed by atoms with E-state index in [-0.39, 0.29) is 40.2 Å². The lowest BCUT2D eigenvalue weighted by Gasteiger charge is -2.10. The molecule has 0 aliphatic rings. The van der Waals surface area contributed by atoms with Crippen LogP contribution in [0.5, 0.6) is 5.75 Å². The molecule has 1 aromatic carbocycles. The molecule has 37 heavy (non-hydrogen) atoms. The smallest absolute Gasteiger partial charge is 0.416 e. The molecule has 0 spiro atoms. The SMILES string of the molecule is CCOC(=O)c1c(NC(=O)CSc2nnc(COc3cccc(C(F)(F)F)c3)n2C)sc(C(N)=O)c1C. The summed E-state index contributed by atoms with van der Waals surface area (Å²) in [6.07, 6.45) is -4.49. The summed E-state index contributed by atoms with van der Waals surface area (Å²) in [6, 6.07) is 4.46. The second kappa shape index (κ2) is 11.6. The summed E-state index contributed by atoms with van der Waals surface area (Å²) in [4.78, 5) is 36.8. The number of carbonyl (C=O) groups excluding carboxylic acids is 3. The van der Waals surface area contributed by atoms with Gasteiger partial charge in [0, 0.05) is 7.05 Å². The molecule has 3 aromatic rings. The number of nitrogens with two attached hydrogens (primary N) is 1. The Morgan fingerprint density at radius 2 is 1.97 bits per heavy atom. The van der Waals surface area contributed by atoms with E-state index in [4.69, 9.17) is 15.2 Å². The molecule has 0 bridgehead atoms. The molecular weight excluding hydrogens is 535 g/mol. The number of nitrogens with zero attached hydrogens (tertiary/aromatic N) is 3. The Morgan fingerprint density at radius 1 is 1.24 bits per heavy atom. The van der Waals surface area contributed by atoms with Gasteiger partial charge in [0.25, 0.3) is 5.91 Å². The van der Waals surface area contributed by atoms with E-state index in [1.807, 2.05) is 0 Å². The van der Waals surface area contributed by atoms with Gasteiger partial charge in [-0.15, -0.1) is 21.5 Å². The third-order valence-corrected chi connectivity index (χ3v) is 7.13. The number of primary amides is 1. The fourth-order valence-corrected chi connectivity index (χ4v) is 4.88. The Morgan fingerprint density at radius 3 is 2.62 bits per heavy atom. The van der Waals surface area contributed by atoms with Gasteiger partial charge in [-0.25, -0.2) is 4.79 Å². The van der Waals surface area contributed by atoms with E-state index in [1.165, 1.54) is 23.6 Å². The van der Waals surface area contributed by atoms with Gasteiger partial charge in [-0.3, -0.25) is 9.59 Å². The molecule has 2 heterocycles. The Hall–Kier alpha value is -3.59. The van der Waals surface area contributed by atoms with Crippen LogP contribution in [0.15, 0.2) is 29.4 Å². The van der Waals surface area contributed by atoms with Gasteiger partial charge in [0.05, 0.1) is 28.4 Å². The fraction of sp³-hybridized carbons (Fsp3) is 0.318. The topological polar surface area (TPSA) is 138 Å². The van der Waals surface area contributed by atoms with Crippen LogP contribution >= 0.6 is 23.1 Å². The number of halogens is 3. The minimum absolute atomic E-state index is 0.0189. The molecule has 3 rings (SSSR count). The largest absolute Gasteiger partial charge is 0.486 e. The minimum atomic E-state index is -4.49. The van der Waals surface area contributed by atoms with Crippen molar-refractivity contribution in [1.82, 2.24) is 14.8 Å². The van der Waals surface area contributed by atoms with E-state index in [0.29, 0.717) is 16.5 Å². The number of hydrogen-bond donors (Lipinski definition) is 2. The molecule has 0 fully saturated rings. The molecule has 0 atom stereocenters. The molecule has 0 aliphatic carbocycles. The molecular formula is C22H22F3N5O5S2. The summed E-state index contributed by atoms with van der Waals surface area (Å²) in [5.41, 5.74) is 4.91. The first kappa shape index (κ1) is 28.0. The van der Waals surface area contributed by atoms with E-state index in [0.717, 1.165) is 35.2 Å². The zero-order valence-electron chi connectivity index (χ0n) is 19.8. The van der Waals surface area contributed by atoms with Crippen LogP contribution in [0.25, 0.3) is 0 Å². The minimum Gasteiger partial charge on any atom is -0.486 e. The van der Waals surface area contributed by atoms with Crippen molar-refractivity contribution in [2.45, 2.75) is 31.8 Å². The molecule has 0 aliphatic heterocycles. The van der Waals surface area contributed by atoms with Crippen molar-refractivity contribution in [3.05, 3.63) is 51.7 Å². The van der Waals surface area contributed by atoms with Crippen molar-refractivity contribution in [2.75, 3.05) is 17.7 Å². The Bertz CT molecular complexity index is 1320. The first-order valence-electron chi connectivity index (χ1n) is 10.6. The predicted molar refractivity (Wildman–Crippen MR) is 130 cm³/mol. The summed E-state index contributed by atoms with van der Waals surface area (Å²) in [5.74, 6) is -1.69. The van der Waals surface area contributed by atoms with E-state index in [9.17, 15) is 27.6 Å². The zero-order chi connectivity index (χ0) is 27.3. The number of esters is 1. The highest BCUT2D eigenvalue weighted by molar-refractivity contribution is 7.99. The third-order valence-electron chi connectivity index (χ3n) is 4.89. The number of rotatable bonds is 10. The van der Waals surface area contributed by atoms with E-state index < -0.39 is 29.5 Å². The standard InChI is InChI=1S/C22H22F3N5O5S2/c1-4-34-20(33)16-11(2)17(18(26)32)37-19(16)27-15(31)10-36-21-29-28-14(30(21)3)9-35-13-7-5-6-12(8-13)22(23,24)25/h5-8H,4,9-10H2,1-3H3,(H2,26,32)(H,27,31). The molecule has 0 unspecified atom stereocenters. The van der Waals surface area contributed by atoms with Crippen LogP contribution in [0, 0.1) is 6.92 Å². The number of hydrogen-bond acceptors (Lipinski definition) is 9. The number of carbonyl (C=O) groups is 3. The average molecular weight is 558 g/mol. The van der Waals surface area contributed by atoms with Crippen LogP contribution in [0.1, 0.15) is 43.9 Å². The maximum Gasteiger partial charge on any atom is 0.416 e. The first-order valence-corrected chi connectivity index (χ1v) is 12.4. The van der Waals surface area contributed by atoms with Gasteiger partial charge < -0.3 is 25.1 Å². The van der Waals surface area contributed by atoms with Gasteiger partial charge in [-0.1, -0.05) is 17.8 Å². The number of thioether (sulfide) groups is 1. The molecule has 0 saturated heterocycles. The summed E-state index contributed by atoms with van der Waals surface area (Å²) < 4.78 is 50.6. The second-order valence-electron chi connectivity index (χ2n) is 7.45. The molecule has 198 valence electrons. The molecule has 10 nitrogen and oxygen atoms in total. The number of anilines is 1. The normalized spacial score (nSPS) is 11.3. The number of thiophene rings is 1. The number of ether oxygens (including phenoxy) is 2.